The van der Waals surface area contributed by atoms with Crippen molar-refractivity contribution < 1.29 is 14.6 Å². The molecule has 4 heteroatoms. The van der Waals surface area contributed by atoms with Crippen molar-refractivity contribution >= 4 is 11.7 Å². The fraction of sp³-hybridized carbons (Fsp3) is 0.417. The van der Waals surface area contributed by atoms with Crippen LogP contribution in [0.3, 0.4) is 0 Å². The fourth-order valence-corrected chi connectivity index (χ4v) is 1.31. The largest absolute Gasteiger partial charge is 0.491 e. The Morgan fingerprint density at radius 1 is 1.50 bits per heavy atom. The third-order valence-corrected chi connectivity index (χ3v) is 2.25. The van der Waals surface area contributed by atoms with Crippen molar-refractivity contribution in [1.82, 2.24) is 0 Å². The van der Waals surface area contributed by atoms with Gasteiger partial charge in [0.2, 0.25) is 0 Å². The molecule has 0 spiro atoms. The van der Waals surface area contributed by atoms with Gasteiger partial charge in [-0.3, -0.25) is 0 Å². The Bertz CT molecular complexity index is 363. The minimum Gasteiger partial charge on any atom is -0.491 e. The molecule has 16 heavy (non-hydrogen) atoms. The molecule has 0 unspecified atom stereocenters. The van der Waals surface area contributed by atoms with E-state index in [-0.39, 0.29) is 5.56 Å². The summed E-state index contributed by atoms with van der Waals surface area (Å²) in [6.45, 7) is 2.68. The van der Waals surface area contributed by atoms with Crippen molar-refractivity contribution in [3.63, 3.8) is 0 Å². The van der Waals surface area contributed by atoms with Crippen LogP contribution >= 0.6 is 0 Å². The van der Waals surface area contributed by atoms with Gasteiger partial charge in [-0.1, -0.05) is 13.3 Å². The summed E-state index contributed by atoms with van der Waals surface area (Å²) in [5.41, 5.74) is 1.05. The van der Waals surface area contributed by atoms with Crippen molar-refractivity contribution in [2.45, 2.75) is 19.8 Å². The maximum absolute atomic E-state index is 10.8. The Kier molecular flexibility index (Phi) is 4.64. The first-order valence-corrected chi connectivity index (χ1v) is 5.37. The molecule has 0 atom stereocenters. The SMILES string of the molecule is CCCCOc1cc(C(=O)O)ccc1NC. The van der Waals surface area contributed by atoms with Crippen LogP contribution in [0.2, 0.25) is 0 Å². The predicted molar refractivity (Wildman–Crippen MR) is 63.4 cm³/mol. The molecule has 0 saturated heterocycles. The first-order valence-electron chi connectivity index (χ1n) is 5.37. The zero-order valence-corrected chi connectivity index (χ0v) is 9.62. The molecule has 0 fully saturated rings. The van der Waals surface area contributed by atoms with Crippen molar-refractivity contribution in [3.8, 4) is 5.75 Å². The number of benzene rings is 1. The highest BCUT2D eigenvalue weighted by atomic mass is 16.5. The number of carbonyl (C=O) groups is 1. The van der Waals surface area contributed by atoms with Gasteiger partial charge in [-0.25, -0.2) is 4.79 Å². The Hall–Kier alpha value is -1.71. The van der Waals surface area contributed by atoms with Gasteiger partial charge in [0, 0.05) is 7.05 Å². The molecular weight excluding hydrogens is 206 g/mol. The van der Waals surface area contributed by atoms with Crippen molar-refractivity contribution in [3.05, 3.63) is 23.8 Å². The van der Waals surface area contributed by atoms with Gasteiger partial charge in [-0.15, -0.1) is 0 Å². The number of rotatable bonds is 6. The molecule has 0 saturated carbocycles. The van der Waals surface area contributed by atoms with Crippen LogP contribution in [0.25, 0.3) is 0 Å². The van der Waals surface area contributed by atoms with Crippen molar-refractivity contribution in [1.29, 1.82) is 0 Å². The van der Waals surface area contributed by atoms with E-state index in [1.807, 2.05) is 0 Å². The Morgan fingerprint density at radius 3 is 2.81 bits per heavy atom. The lowest BCUT2D eigenvalue weighted by Gasteiger charge is -2.11. The molecule has 1 rings (SSSR count). The van der Waals surface area contributed by atoms with E-state index in [1.54, 1.807) is 25.2 Å². The van der Waals surface area contributed by atoms with Crippen LogP contribution in [0.4, 0.5) is 5.69 Å². The quantitative estimate of drug-likeness (QED) is 0.728. The van der Waals surface area contributed by atoms with Crippen LogP contribution in [0.5, 0.6) is 5.75 Å². The van der Waals surface area contributed by atoms with Crippen LogP contribution in [0.15, 0.2) is 18.2 Å². The zero-order valence-electron chi connectivity index (χ0n) is 9.62. The van der Waals surface area contributed by atoms with Gasteiger partial charge in [0.25, 0.3) is 0 Å². The summed E-state index contributed by atoms with van der Waals surface area (Å²) < 4.78 is 5.53. The van der Waals surface area contributed by atoms with E-state index in [2.05, 4.69) is 12.2 Å². The average Bonchev–Trinajstić information content (AvgIpc) is 2.29. The Balaban J connectivity index is 2.84. The van der Waals surface area contributed by atoms with Crippen LogP contribution in [0.1, 0.15) is 30.1 Å². The molecule has 0 aromatic heterocycles. The number of aromatic carboxylic acids is 1. The average molecular weight is 223 g/mol. The first-order chi connectivity index (χ1) is 7.69. The summed E-state index contributed by atoms with van der Waals surface area (Å²) in [5, 5.41) is 11.8. The minimum absolute atomic E-state index is 0.241. The molecule has 0 bridgehead atoms. The first kappa shape index (κ1) is 12.4. The Labute approximate surface area is 95.2 Å². The number of anilines is 1. The van der Waals surface area contributed by atoms with E-state index >= 15 is 0 Å². The van der Waals surface area contributed by atoms with E-state index in [9.17, 15) is 4.79 Å². The topological polar surface area (TPSA) is 58.6 Å². The highest BCUT2D eigenvalue weighted by Gasteiger charge is 2.08. The smallest absolute Gasteiger partial charge is 0.335 e. The molecule has 1 aromatic rings. The van der Waals surface area contributed by atoms with Gasteiger partial charge < -0.3 is 15.2 Å². The minimum atomic E-state index is -0.942. The van der Waals surface area contributed by atoms with E-state index < -0.39 is 5.97 Å². The number of nitrogens with one attached hydrogen (secondary N) is 1. The summed E-state index contributed by atoms with van der Waals surface area (Å²) in [6.07, 6.45) is 2.01. The van der Waals surface area contributed by atoms with Crippen LogP contribution < -0.4 is 10.1 Å². The number of ether oxygens (including phenoxy) is 1. The Morgan fingerprint density at radius 2 is 2.25 bits per heavy atom. The maximum Gasteiger partial charge on any atom is 0.335 e. The van der Waals surface area contributed by atoms with E-state index in [1.165, 1.54) is 0 Å². The summed E-state index contributed by atoms with van der Waals surface area (Å²) in [5.74, 6) is -0.348. The maximum atomic E-state index is 10.8. The number of hydrogen-bond donors (Lipinski definition) is 2. The van der Waals surface area contributed by atoms with Gasteiger partial charge >= 0.3 is 5.97 Å². The second-order valence-electron chi connectivity index (χ2n) is 3.47. The molecule has 1 aromatic carbocycles. The summed E-state index contributed by atoms with van der Waals surface area (Å²) in [6, 6.07) is 4.81. The van der Waals surface area contributed by atoms with Gasteiger partial charge in [-0.05, 0) is 24.6 Å². The number of unbranched alkanes of at least 4 members (excludes halogenated alkanes) is 1. The van der Waals surface area contributed by atoms with Gasteiger partial charge in [0.05, 0.1) is 17.9 Å². The van der Waals surface area contributed by atoms with Gasteiger partial charge in [0.1, 0.15) is 5.75 Å². The third-order valence-electron chi connectivity index (χ3n) is 2.25. The fourth-order valence-electron chi connectivity index (χ4n) is 1.31. The second kappa shape index (κ2) is 6.00. The van der Waals surface area contributed by atoms with E-state index in [0.29, 0.717) is 12.4 Å². The molecule has 0 aliphatic rings. The molecule has 0 radical (unpaired) electrons. The molecule has 0 heterocycles. The second-order valence-corrected chi connectivity index (χ2v) is 3.47. The predicted octanol–water partition coefficient (Wildman–Crippen LogP) is 2.61. The molecule has 4 nitrogen and oxygen atoms in total. The number of carboxylic acid groups (broad SMARTS) is 1. The highest BCUT2D eigenvalue weighted by Crippen LogP contribution is 2.25. The monoisotopic (exact) mass is 223 g/mol. The van der Waals surface area contributed by atoms with Crippen LogP contribution in [0, 0.1) is 0 Å². The lowest BCUT2D eigenvalue weighted by molar-refractivity contribution is 0.0696. The molecule has 0 amide bonds. The standard InChI is InChI=1S/C12H17NO3/c1-3-4-7-16-11-8-9(12(14)15)5-6-10(11)13-2/h5-6,8,13H,3-4,7H2,1-2H3,(H,14,15). The van der Waals surface area contributed by atoms with Crippen molar-refractivity contribution in [2.24, 2.45) is 0 Å². The van der Waals surface area contributed by atoms with E-state index in [0.717, 1.165) is 18.5 Å². The van der Waals surface area contributed by atoms with Crippen LogP contribution in [-0.2, 0) is 0 Å². The number of hydrogen-bond acceptors (Lipinski definition) is 3. The lowest BCUT2D eigenvalue weighted by atomic mass is 10.2. The normalized spacial score (nSPS) is 9.88. The van der Waals surface area contributed by atoms with Crippen molar-refractivity contribution in [2.75, 3.05) is 19.0 Å². The summed E-state index contributed by atoms with van der Waals surface area (Å²) in [4.78, 5) is 10.8. The molecular formula is C12H17NO3. The molecule has 2 N–H and O–H groups in total. The molecule has 0 aliphatic heterocycles. The van der Waals surface area contributed by atoms with Gasteiger partial charge in [-0.2, -0.15) is 0 Å². The molecule has 88 valence electrons. The molecule has 0 aliphatic carbocycles. The third kappa shape index (κ3) is 3.15. The highest BCUT2D eigenvalue weighted by molar-refractivity contribution is 5.89. The lowest BCUT2D eigenvalue weighted by Crippen LogP contribution is -2.03. The van der Waals surface area contributed by atoms with Crippen LogP contribution in [-0.4, -0.2) is 24.7 Å². The number of carboxylic acids is 1. The summed E-state index contributed by atoms with van der Waals surface area (Å²) >= 11 is 0. The summed E-state index contributed by atoms with van der Waals surface area (Å²) in [7, 11) is 1.78. The van der Waals surface area contributed by atoms with Gasteiger partial charge in [0.15, 0.2) is 0 Å². The zero-order chi connectivity index (χ0) is 12.0. The van der Waals surface area contributed by atoms with E-state index in [4.69, 9.17) is 9.84 Å².